The molecule has 0 bridgehead atoms. The van der Waals surface area contributed by atoms with Crippen LogP contribution in [-0.4, -0.2) is 43.2 Å². The van der Waals surface area contributed by atoms with Crippen LogP contribution in [0.1, 0.15) is 48.4 Å². The molecule has 0 saturated carbocycles. The summed E-state index contributed by atoms with van der Waals surface area (Å²) >= 11 is 0. The van der Waals surface area contributed by atoms with Gasteiger partial charge < -0.3 is 14.5 Å². The number of hydrogen-bond donors (Lipinski definition) is 1. The normalized spacial score (nSPS) is 23.3. The number of likely N-dealkylation sites (tertiary alicyclic amines) is 1. The smallest absolute Gasteiger partial charge is 0.287 e. The van der Waals surface area contributed by atoms with E-state index < -0.39 is 0 Å². The summed E-state index contributed by atoms with van der Waals surface area (Å²) < 4.78 is 11.2. The molecule has 2 aliphatic rings. The predicted molar refractivity (Wildman–Crippen MR) is 79.1 cm³/mol. The summed E-state index contributed by atoms with van der Waals surface area (Å²) in [5, 5.41) is 2.89. The van der Waals surface area contributed by atoms with Gasteiger partial charge >= 0.3 is 0 Å². The van der Waals surface area contributed by atoms with Crippen LogP contribution in [0.3, 0.4) is 0 Å². The molecule has 116 valence electrons. The number of carbonyl (C=O) groups is 1. The van der Waals surface area contributed by atoms with Gasteiger partial charge in [-0.3, -0.25) is 9.69 Å². The van der Waals surface area contributed by atoms with Gasteiger partial charge in [-0.25, -0.2) is 0 Å². The van der Waals surface area contributed by atoms with E-state index in [1.807, 2.05) is 6.07 Å². The van der Waals surface area contributed by atoms with E-state index in [1.54, 1.807) is 6.07 Å². The zero-order valence-corrected chi connectivity index (χ0v) is 12.5. The fraction of sp³-hybridized carbons (Fsp3) is 0.688. The summed E-state index contributed by atoms with van der Waals surface area (Å²) in [6.45, 7) is 4.43. The second-order valence-electron chi connectivity index (χ2n) is 5.95. The lowest BCUT2D eigenvalue weighted by molar-refractivity contribution is 0.0831. The second-order valence-corrected chi connectivity index (χ2v) is 5.95. The molecule has 2 fully saturated rings. The summed E-state index contributed by atoms with van der Waals surface area (Å²) in [5.74, 6) is 1.13. The van der Waals surface area contributed by atoms with E-state index in [0.717, 1.165) is 44.8 Å². The van der Waals surface area contributed by atoms with Crippen molar-refractivity contribution in [3.63, 3.8) is 0 Å². The highest BCUT2D eigenvalue weighted by molar-refractivity contribution is 5.91. The molecule has 1 N–H and O–H groups in total. The lowest BCUT2D eigenvalue weighted by atomic mass is 10.1. The zero-order chi connectivity index (χ0) is 14.5. The number of furan rings is 1. The summed E-state index contributed by atoms with van der Waals surface area (Å²) in [4.78, 5) is 14.4. The van der Waals surface area contributed by atoms with Gasteiger partial charge in [-0.15, -0.1) is 0 Å². The third-order valence-electron chi connectivity index (χ3n) is 4.23. The Bertz CT molecular complexity index is 460. The highest BCUT2D eigenvalue weighted by Gasteiger charge is 2.19. The van der Waals surface area contributed by atoms with Crippen molar-refractivity contribution in [2.45, 2.75) is 44.8 Å². The molecule has 0 spiro atoms. The van der Waals surface area contributed by atoms with Crippen molar-refractivity contribution >= 4 is 5.91 Å². The first kappa shape index (κ1) is 14.6. The van der Waals surface area contributed by atoms with Crippen molar-refractivity contribution in [2.24, 2.45) is 0 Å². The Kier molecular flexibility index (Phi) is 4.93. The molecule has 0 aliphatic carbocycles. The fourth-order valence-electron chi connectivity index (χ4n) is 3.02. The average Bonchev–Trinajstić information content (AvgIpc) is 3.17. The molecule has 3 heterocycles. The first-order chi connectivity index (χ1) is 10.3. The highest BCUT2D eigenvalue weighted by atomic mass is 16.5. The molecule has 2 aliphatic heterocycles. The maximum atomic E-state index is 12.0. The van der Waals surface area contributed by atoms with Crippen molar-refractivity contribution in [2.75, 3.05) is 26.2 Å². The molecule has 3 rings (SSSR count). The number of nitrogens with zero attached hydrogens (tertiary/aromatic N) is 1. The number of rotatable bonds is 5. The van der Waals surface area contributed by atoms with Gasteiger partial charge in [0, 0.05) is 13.2 Å². The Hall–Kier alpha value is -1.33. The molecule has 5 nitrogen and oxygen atoms in total. The predicted octanol–water partition coefficient (Wildman–Crippen LogP) is 2.17. The SMILES string of the molecule is O=C(NC[C@@H]1CCCO1)c1ccc(CN2CCCCC2)o1. The van der Waals surface area contributed by atoms with Gasteiger partial charge in [0.25, 0.3) is 5.91 Å². The van der Waals surface area contributed by atoms with Crippen LogP contribution < -0.4 is 5.32 Å². The van der Waals surface area contributed by atoms with Crippen LogP contribution in [0.25, 0.3) is 0 Å². The molecule has 0 unspecified atom stereocenters. The van der Waals surface area contributed by atoms with E-state index in [4.69, 9.17) is 9.15 Å². The maximum absolute atomic E-state index is 12.0. The zero-order valence-electron chi connectivity index (χ0n) is 12.5. The molecule has 5 heteroatoms. The highest BCUT2D eigenvalue weighted by Crippen LogP contribution is 2.15. The molecule has 0 radical (unpaired) electrons. The van der Waals surface area contributed by atoms with E-state index in [2.05, 4.69) is 10.2 Å². The Morgan fingerprint density at radius 3 is 2.86 bits per heavy atom. The standard InChI is InChI=1S/C16H24N2O3/c19-16(17-11-13-5-4-10-20-13)15-7-6-14(21-15)12-18-8-2-1-3-9-18/h6-7,13H,1-5,8-12H2,(H,17,19)/t13-/m0/s1. The van der Waals surface area contributed by atoms with Gasteiger partial charge in [-0.1, -0.05) is 6.42 Å². The van der Waals surface area contributed by atoms with Crippen LogP contribution in [0.2, 0.25) is 0 Å². The van der Waals surface area contributed by atoms with Gasteiger partial charge in [0.15, 0.2) is 5.76 Å². The molecule has 1 amide bonds. The van der Waals surface area contributed by atoms with Gasteiger partial charge in [0.1, 0.15) is 5.76 Å². The van der Waals surface area contributed by atoms with E-state index in [1.165, 1.54) is 19.3 Å². The third-order valence-corrected chi connectivity index (χ3v) is 4.23. The summed E-state index contributed by atoms with van der Waals surface area (Å²) in [5.41, 5.74) is 0. The molecular formula is C16H24N2O3. The van der Waals surface area contributed by atoms with Crippen LogP contribution in [0, 0.1) is 0 Å². The number of nitrogens with one attached hydrogen (secondary N) is 1. The Balaban J connectivity index is 1.47. The molecule has 1 aromatic rings. The lowest BCUT2D eigenvalue weighted by Crippen LogP contribution is -2.31. The minimum Gasteiger partial charge on any atom is -0.455 e. The first-order valence-electron chi connectivity index (χ1n) is 8.02. The number of piperidine rings is 1. The second kappa shape index (κ2) is 7.09. The number of amides is 1. The fourth-order valence-corrected chi connectivity index (χ4v) is 3.02. The van der Waals surface area contributed by atoms with E-state index in [-0.39, 0.29) is 12.0 Å². The van der Waals surface area contributed by atoms with Gasteiger partial charge in [-0.2, -0.15) is 0 Å². The Morgan fingerprint density at radius 1 is 1.24 bits per heavy atom. The Morgan fingerprint density at radius 2 is 2.10 bits per heavy atom. The topological polar surface area (TPSA) is 54.7 Å². The van der Waals surface area contributed by atoms with E-state index in [9.17, 15) is 4.79 Å². The summed E-state index contributed by atoms with van der Waals surface area (Å²) in [6, 6.07) is 3.68. The molecule has 21 heavy (non-hydrogen) atoms. The number of ether oxygens (including phenoxy) is 1. The molecule has 1 atom stereocenters. The molecule has 0 aromatic carbocycles. The summed E-state index contributed by atoms with van der Waals surface area (Å²) in [6.07, 6.45) is 6.12. The maximum Gasteiger partial charge on any atom is 0.287 e. The van der Waals surface area contributed by atoms with Gasteiger partial charge in [-0.05, 0) is 50.9 Å². The average molecular weight is 292 g/mol. The number of carbonyl (C=O) groups excluding carboxylic acids is 1. The van der Waals surface area contributed by atoms with Crippen molar-refractivity contribution in [3.05, 3.63) is 23.7 Å². The van der Waals surface area contributed by atoms with Crippen LogP contribution in [-0.2, 0) is 11.3 Å². The molecule has 1 aromatic heterocycles. The van der Waals surface area contributed by atoms with Crippen molar-refractivity contribution in [3.8, 4) is 0 Å². The van der Waals surface area contributed by atoms with Gasteiger partial charge in [0.2, 0.25) is 0 Å². The minimum atomic E-state index is -0.143. The molecular weight excluding hydrogens is 268 g/mol. The lowest BCUT2D eigenvalue weighted by Gasteiger charge is -2.25. The van der Waals surface area contributed by atoms with Crippen LogP contribution in [0.5, 0.6) is 0 Å². The molecule has 2 saturated heterocycles. The van der Waals surface area contributed by atoms with Crippen LogP contribution in [0.15, 0.2) is 16.5 Å². The third kappa shape index (κ3) is 4.08. The van der Waals surface area contributed by atoms with Gasteiger partial charge in [0.05, 0.1) is 12.6 Å². The van der Waals surface area contributed by atoms with Crippen LogP contribution >= 0.6 is 0 Å². The number of hydrogen-bond acceptors (Lipinski definition) is 4. The quantitative estimate of drug-likeness (QED) is 0.903. The van der Waals surface area contributed by atoms with Crippen molar-refractivity contribution in [1.82, 2.24) is 10.2 Å². The van der Waals surface area contributed by atoms with Crippen molar-refractivity contribution in [1.29, 1.82) is 0 Å². The minimum absolute atomic E-state index is 0.143. The van der Waals surface area contributed by atoms with E-state index in [0.29, 0.717) is 12.3 Å². The van der Waals surface area contributed by atoms with Crippen LogP contribution in [0.4, 0.5) is 0 Å². The largest absolute Gasteiger partial charge is 0.455 e. The van der Waals surface area contributed by atoms with Crippen molar-refractivity contribution < 1.29 is 13.9 Å². The first-order valence-corrected chi connectivity index (χ1v) is 8.02. The Labute approximate surface area is 125 Å². The summed E-state index contributed by atoms with van der Waals surface area (Å²) in [7, 11) is 0. The monoisotopic (exact) mass is 292 g/mol. The van der Waals surface area contributed by atoms with E-state index >= 15 is 0 Å².